The normalized spacial score (nSPS) is 13.2. The number of phosphoric acid groups is 1. The summed E-state index contributed by atoms with van der Waals surface area (Å²) in [5.41, 5.74) is 0. The topological polar surface area (TPSA) is 147 Å². The van der Waals surface area contributed by atoms with Crippen LogP contribution in [0, 0.1) is 11.3 Å². The van der Waals surface area contributed by atoms with Gasteiger partial charge in [0.05, 0.1) is 38.9 Å². The molecule has 0 fully saturated rings. The van der Waals surface area contributed by atoms with Gasteiger partial charge in [0.25, 0.3) is 7.82 Å². The number of halogens is 3. The third kappa shape index (κ3) is 17.0. The van der Waals surface area contributed by atoms with Gasteiger partial charge in [0, 0.05) is 6.54 Å². The molecule has 0 saturated carbocycles. The molecule has 1 unspecified atom stereocenters. The first-order valence-corrected chi connectivity index (χ1v) is 10.7. The lowest BCUT2D eigenvalue weighted by Gasteiger charge is -2.21. The lowest BCUT2D eigenvalue weighted by molar-refractivity contribution is -0.225. The van der Waals surface area contributed by atoms with Gasteiger partial charge in [0.1, 0.15) is 0 Å². The Hall–Kier alpha value is -1.87. The van der Waals surface area contributed by atoms with E-state index in [1.807, 2.05) is 0 Å². The number of alkyl halides is 3. The van der Waals surface area contributed by atoms with Crippen molar-refractivity contribution in [2.75, 3.05) is 33.0 Å². The van der Waals surface area contributed by atoms with E-state index >= 15 is 0 Å². The highest BCUT2D eigenvalue weighted by Gasteiger charge is 2.38. The van der Waals surface area contributed by atoms with Crippen LogP contribution in [0.1, 0.15) is 44.9 Å². The first-order chi connectivity index (χ1) is 14.1. The molecule has 0 aliphatic rings. The molecule has 0 aromatic carbocycles. The van der Waals surface area contributed by atoms with Gasteiger partial charge in [-0.2, -0.15) is 18.4 Å². The van der Waals surface area contributed by atoms with Crippen molar-refractivity contribution in [2.45, 2.75) is 51.1 Å². The maximum absolute atomic E-state index is 11.9. The molecular weight excluding hydrogens is 436 g/mol. The Labute approximate surface area is 172 Å². The summed E-state index contributed by atoms with van der Waals surface area (Å²) in [7, 11) is -4.38. The Morgan fingerprint density at radius 1 is 0.933 bits per heavy atom. The second-order valence-electron chi connectivity index (χ2n) is 5.84. The minimum Gasteiger partial charge on any atom is -0.756 e. The van der Waals surface area contributed by atoms with Crippen LogP contribution in [0.4, 0.5) is 18.0 Å². The minimum atomic E-state index is -4.92. The second-order valence-corrected chi connectivity index (χ2v) is 7.25. The molecule has 0 aliphatic heterocycles. The lowest BCUT2D eigenvalue weighted by Crippen LogP contribution is -2.37. The van der Waals surface area contributed by atoms with Gasteiger partial charge in [-0.15, -0.1) is 0 Å². The van der Waals surface area contributed by atoms with E-state index in [1.165, 1.54) is 0 Å². The van der Waals surface area contributed by atoms with Gasteiger partial charge in [-0.1, -0.05) is 6.42 Å². The fraction of sp³-hybridized carbons (Fsp3) is 0.812. The average Bonchev–Trinajstić information content (AvgIpc) is 2.65. The molecule has 1 atom stereocenters. The van der Waals surface area contributed by atoms with E-state index in [-0.39, 0.29) is 52.2 Å². The molecule has 0 saturated heterocycles. The van der Waals surface area contributed by atoms with Crippen molar-refractivity contribution < 1.29 is 50.7 Å². The average molecular weight is 461 g/mol. The number of carbonyl (C=O) groups is 2. The van der Waals surface area contributed by atoms with E-state index in [1.54, 1.807) is 11.4 Å². The van der Waals surface area contributed by atoms with Gasteiger partial charge in [0.2, 0.25) is 0 Å². The first kappa shape index (κ1) is 28.1. The molecule has 1 amide bonds. The van der Waals surface area contributed by atoms with Gasteiger partial charge in [0.15, 0.2) is 0 Å². The largest absolute Gasteiger partial charge is 0.756 e. The summed E-state index contributed by atoms with van der Waals surface area (Å²) in [6.07, 6.45) is -3.17. The SMILES string of the molecule is N#CCCOP(=O)([O-])OCCCCCCOC(=O)OCCCCNC(=O)C(F)(F)F. The van der Waals surface area contributed by atoms with Crippen LogP contribution in [0.5, 0.6) is 0 Å². The summed E-state index contributed by atoms with van der Waals surface area (Å²) in [6.45, 7) is -0.449. The summed E-state index contributed by atoms with van der Waals surface area (Å²) in [4.78, 5) is 33.1. The van der Waals surface area contributed by atoms with Crippen LogP contribution in [0.25, 0.3) is 0 Å². The molecule has 174 valence electrons. The van der Waals surface area contributed by atoms with Crippen LogP contribution in [-0.2, 0) is 27.9 Å². The van der Waals surface area contributed by atoms with Crippen molar-refractivity contribution in [2.24, 2.45) is 0 Å². The van der Waals surface area contributed by atoms with Crippen LogP contribution in [0.3, 0.4) is 0 Å². The molecule has 0 aliphatic carbocycles. The van der Waals surface area contributed by atoms with Crippen molar-refractivity contribution in [3.05, 3.63) is 0 Å². The molecule has 0 heterocycles. The van der Waals surface area contributed by atoms with Crippen molar-refractivity contribution in [1.82, 2.24) is 5.32 Å². The van der Waals surface area contributed by atoms with Gasteiger partial charge in [-0.3, -0.25) is 9.36 Å². The molecular formula is C16H25F3N2O8P-. The highest BCUT2D eigenvalue weighted by Crippen LogP contribution is 2.38. The first-order valence-electron chi connectivity index (χ1n) is 9.20. The second kappa shape index (κ2) is 15.9. The van der Waals surface area contributed by atoms with E-state index in [4.69, 9.17) is 14.7 Å². The fourth-order valence-electron chi connectivity index (χ4n) is 1.86. The number of nitrogens with zero attached hydrogens (tertiary/aromatic N) is 1. The van der Waals surface area contributed by atoms with E-state index < -0.39 is 26.1 Å². The van der Waals surface area contributed by atoms with Gasteiger partial charge < -0.3 is 28.7 Å². The van der Waals surface area contributed by atoms with Crippen LogP contribution < -0.4 is 10.2 Å². The Kier molecular flexibility index (Phi) is 14.9. The van der Waals surface area contributed by atoms with Crippen LogP contribution in [0.2, 0.25) is 0 Å². The zero-order valence-corrected chi connectivity index (χ0v) is 17.2. The van der Waals surface area contributed by atoms with Crippen LogP contribution in [-0.4, -0.2) is 51.2 Å². The summed E-state index contributed by atoms with van der Waals surface area (Å²) in [6, 6.07) is 1.74. The molecule has 0 rings (SSSR count). The molecule has 0 radical (unpaired) electrons. The highest BCUT2D eigenvalue weighted by molar-refractivity contribution is 7.45. The molecule has 14 heteroatoms. The monoisotopic (exact) mass is 461 g/mol. The number of nitriles is 1. The van der Waals surface area contributed by atoms with Crippen molar-refractivity contribution in [1.29, 1.82) is 5.26 Å². The number of phosphoric ester groups is 1. The quantitative estimate of drug-likeness (QED) is 0.208. The summed E-state index contributed by atoms with van der Waals surface area (Å²) in [5, 5.41) is 9.98. The van der Waals surface area contributed by atoms with E-state index in [0.717, 1.165) is 0 Å². The molecule has 1 N–H and O–H groups in total. The smallest absolute Gasteiger partial charge is 0.508 e. The number of unbranched alkanes of at least 4 members (excludes halogenated alkanes) is 4. The predicted octanol–water partition coefficient (Wildman–Crippen LogP) is 2.57. The maximum atomic E-state index is 11.9. The molecule has 0 aromatic heterocycles. The third-order valence-corrected chi connectivity index (χ3v) is 4.30. The van der Waals surface area contributed by atoms with Crippen molar-refractivity contribution >= 4 is 19.9 Å². The predicted molar refractivity (Wildman–Crippen MR) is 93.8 cm³/mol. The Morgan fingerprint density at radius 2 is 1.47 bits per heavy atom. The van der Waals surface area contributed by atoms with Crippen molar-refractivity contribution in [3.8, 4) is 6.07 Å². The summed E-state index contributed by atoms with van der Waals surface area (Å²) in [5.74, 6) is -2.01. The van der Waals surface area contributed by atoms with E-state index in [9.17, 15) is 32.2 Å². The van der Waals surface area contributed by atoms with Crippen molar-refractivity contribution in [3.63, 3.8) is 0 Å². The molecule has 0 spiro atoms. The van der Waals surface area contributed by atoms with Gasteiger partial charge in [-0.25, -0.2) is 4.79 Å². The zero-order chi connectivity index (χ0) is 22.9. The number of hydrogen-bond donors (Lipinski definition) is 1. The zero-order valence-electron chi connectivity index (χ0n) is 16.3. The number of rotatable bonds is 16. The van der Waals surface area contributed by atoms with E-state index in [2.05, 4.69) is 9.05 Å². The number of nitrogens with one attached hydrogen (secondary N) is 1. The molecule has 10 nitrogen and oxygen atoms in total. The molecule has 30 heavy (non-hydrogen) atoms. The third-order valence-electron chi connectivity index (χ3n) is 3.31. The van der Waals surface area contributed by atoms with Gasteiger partial charge >= 0.3 is 18.2 Å². The number of carbonyl (C=O) groups excluding carboxylic acids is 2. The Bertz CT molecular complexity index is 598. The molecule has 0 bridgehead atoms. The Morgan fingerprint density at radius 3 is 2.03 bits per heavy atom. The Balaban J connectivity index is 3.49. The standard InChI is InChI=1S/C16H26F3N2O8P/c17-16(18,19)14(22)21-9-3-6-11-27-15(23)26-10-4-1-2-5-12-28-30(24,25)29-13-7-8-20/h1-7,9-13H2,(H,21,22)(H,24,25)/p-1. The van der Waals surface area contributed by atoms with E-state index in [0.29, 0.717) is 25.7 Å². The lowest BCUT2D eigenvalue weighted by atomic mass is 10.2. The fourth-order valence-corrected chi connectivity index (χ4v) is 2.60. The number of amides is 1. The van der Waals surface area contributed by atoms with Crippen LogP contribution in [0.15, 0.2) is 0 Å². The summed E-state index contributed by atoms with van der Waals surface area (Å²) >= 11 is 0. The summed E-state index contributed by atoms with van der Waals surface area (Å²) < 4.78 is 65.6. The number of hydrogen-bond acceptors (Lipinski definition) is 9. The molecule has 0 aromatic rings. The minimum absolute atomic E-state index is 0.0518. The number of ether oxygens (including phenoxy) is 2. The van der Waals surface area contributed by atoms with Crippen LogP contribution >= 0.6 is 7.82 Å². The highest BCUT2D eigenvalue weighted by atomic mass is 31.2. The maximum Gasteiger partial charge on any atom is 0.508 e. The van der Waals surface area contributed by atoms with Gasteiger partial charge in [-0.05, 0) is 32.1 Å².